The van der Waals surface area contributed by atoms with Crippen LogP contribution in [0.5, 0.6) is 0 Å². The average molecular weight is 260 g/mol. The van der Waals surface area contributed by atoms with Crippen molar-refractivity contribution in [3.8, 4) is 0 Å². The molecule has 19 heavy (non-hydrogen) atoms. The van der Waals surface area contributed by atoms with Gasteiger partial charge in [0.25, 0.3) is 0 Å². The Kier molecular flexibility index (Phi) is 4.74. The molecule has 102 valence electrons. The molecule has 0 aliphatic rings. The third-order valence-electron chi connectivity index (χ3n) is 3.15. The lowest BCUT2D eigenvalue weighted by Gasteiger charge is -2.19. The number of aliphatic hydroxyl groups excluding tert-OH is 1. The zero-order valence-electron chi connectivity index (χ0n) is 11.0. The van der Waals surface area contributed by atoms with Crippen molar-refractivity contribution in [1.82, 2.24) is 4.90 Å². The lowest BCUT2D eigenvalue weighted by Crippen LogP contribution is -2.27. The molecule has 1 aromatic carbocycles. The third kappa shape index (κ3) is 3.04. The molecular weight excluding hydrogens is 240 g/mol. The SMILES string of the molecule is C=CCN(CCO)Cc1c(CN)oc2ccccc12. The Bertz CT molecular complexity index is 548. The van der Waals surface area contributed by atoms with Crippen LogP contribution in [0.25, 0.3) is 11.0 Å². The van der Waals surface area contributed by atoms with E-state index in [0.29, 0.717) is 19.6 Å². The molecule has 2 rings (SSSR count). The van der Waals surface area contributed by atoms with Gasteiger partial charge in [-0.25, -0.2) is 0 Å². The van der Waals surface area contributed by atoms with E-state index in [0.717, 1.165) is 28.8 Å². The highest BCUT2D eigenvalue weighted by atomic mass is 16.3. The molecular formula is C15H20N2O2. The second-order valence-corrected chi connectivity index (χ2v) is 4.45. The topological polar surface area (TPSA) is 62.6 Å². The van der Waals surface area contributed by atoms with Crippen LogP contribution < -0.4 is 5.73 Å². The van der Waals surface area contributed by atoms with Gasteiger partial charge in [0, 0.05) is 30.6 Å². The van der Waals surface area contributed by atoms with Crippen LogP contribution in [0.4, 0.5) is 0 Å². The number of furan rings is 1. The highest BCUT2D eigenvalue weighted by molar-refractivity contribution is 5.82. The van der Waals surface area contributed by atoms with Crippen LogP contribution in [-0.4, -0.2) is 29.7 Å². The molecule has 0 radical (unpaired) electrons. The minimum Gasteiger partial charge on any atom is -0.459 e. The maximum Gasteiger partial charge on any atom is 0.134 e. The monoisotopic (exact) mass is 260 g/mol. The number of nitrogens with zero attached hydrogens (tertiary/aromatic N) is 1. The Labute approximate surface area is 113 Å². The summed E-state index contributed by atoms with van der Waals surface area (Å²) >= 11 is 0. The molecule has 1 heterocycles. The number of para-hydroxylation sites is 1. The van der Waals surface area contributed by atoms with Crippen molar-refractivity contribution in [3.63, 3.8) is 0 Å². The lowest BCUT2D eigenvalue weighted by molar-refractivity contribution is 0.203. The number of rotatable bonds is 7. The molecule has 0 atom stereocenters. The van der Waals surface area contributed by atoms with E-state index in [2.05, 4.69) is 11.5 Å². The number of aliphatic hydroxyl groups is 1. The number of hydrogen-bond acceptors (Lipinski definition) is 4. The molecule has 0 saturated heterocycles. The van der Waals surface area contributed by atoms with Crippen molar-refractivity contribution in [2.75, 3.05) is 19.7 Å². The van der Waals surface area contributed by atoms with Crippen molar-refractivity contribution >= 4 is 11.0 Å². The molecule has 2 aromatic rings. The van der Waals surface area contributed by atoms with Gasteiger partial charge in [-0.3, -0.25) is 4.90 Å². The van der Waals surface area contributed by atoms with Gasteiger partial charge < -0.3 is 15.3 Å². The second-order valence-electron chi connectivity index (χ2n) is 4.45. The molecule has 0 unspecified atom stereocenters. The van der Waals surface area contributed by atoms with Crippen LogP contribution in [0.15, 0.2) is 41.3 Å². The predicted molar refractivity (Wildman–Crippen MR) is 76.7 cm³/mol. The van der Waals surface area contributed by atoms with Crippen LogP contribution in [0.3, 0.4) is 0 Å². The van der Waals surface area contributed by atoms with E-state index in [4.69, 9.17) is 15.3 Å². The summed E-state index contributed by atoms with van der Waals surface area (Å²) in [6.45, 7) is 6.29. The fourth-order valence-corrected chi connectivity index (χ4v) is 2.27. The molecule has 0 saturated carbocycles. The van der Waals surface area contributed by atoms with E-state index >= 15 is 0 Å². The maximum absolute atomic E-state index is 9.11. The molecule has 3 N–H and O–H groups in total. The van der Waals surface area contributed by atoms with Crippen LogP contribution in [0.1, 0.15) is 11.3 Å². The molecule has 4 heteroatoms. The Morgan fingerprint density at radius 3 is 2.84 bits per heavy atom. The van der Waals surface area contributed by atoms with Gasteiger partial charge in [-0.1, -0.05) is 24.3 Å². The van der Waals surface area contributed by atoms with Gasteiger partial charge in [0.15, 0.2) is 0 Å². The van der Waals surface area contributed by atoms with E-state index in [9.17, 15) is 0 Å². The summed E-state index contributed by atoms with van der Waals surface area (Å²) in [5.41, 5.74) is 7.72. The van der Waals surface area contributed by atoms with Gasteiger partial charge in [-0.2, -0.15) is 0 Å². The Morgan fingerprint density at radius 1 is 1.37 bits per heavy atom. The van der Waals surface area contributed by atoms with Gasteiger partial charge in [0.05, 0.1) is 13.2 Å². The van der Waals surface area contributed by atoms with E-state index in [-0.39, 0.29) is 6.61 Å². The van der Waals surface area contributed by atoms with E-state index in [1.165, 1.54) is 0 Å². The van der Waals surface area contributed by atoms with Crippen LogP contribution in [0.2, 0.25) is 0 Å². The largest absolute Gasteiger partial charge is 0.459 e. The summed E-state index contributed by atoms with van der Waals surface area (Å²) in [5.74, 6) is 0.813. The lowest BCUT2D eigenvalue weighted by atomic mass is 10.1. The number of fused-ring (bicyclic) bond motifs is 1. The quantitative estimate of drug-likeness (QED) is 0.746. The Morgan fingerprint density at radius 2 is 2.16 bits per heavy atom. The molecule has 0 amide bonds. The maximum atomic E-state index is 9.11. The summed E-state index contributed by atoms with van der Waals surface area (Å²) < 4.78 is 5.77. The van der Waals surface area contributed by atoms with Crippen LogP contribution in [-0.2, 0) is 13.1 Å². The molecule has 0 aliphatic heterocycles. The normalized spacial score (nSPS) is 11.3. The van der Waals surface area contributed by atoms with E-state index < -0.39 is 0 Å². The molecule has 4 nitrogen and oxygen atoms in total. The summed E-state index contributed by atoms with van der Waals surface area (Å²) in [6.07, 6.45) is 1.83. The minimum absolute atomic E-state index is 0.127. The summed E-state index contributed by atoms with van der Waals surface area (Å²) in [7, 11) is 0. The summed E-state index contributed by atoms with van der Waals surface area (Å²) in [5, 5.41) is 10.2. The smallest absolute Gasteiger partial charge is 0.134 e. The van der Waals surface area contributed by atoms with Crippen molar-refractivity contribution in [2.24, 2.45) is 5.73 Å². The van der Waals surface area contributed by atoms with Gasteiger partial charge in [0.1, 0.15) is 11.3 Å². The third-order valence-corrected chi connectivity index (χ3v) is 3.15. The highest BCUT2D eigenvalue weighted by Crippen LogP contribution is 2.26. The standard InChI is InChI=1S/C15H20N2O2/c1-2-7-17(8-9-18)11-13-12-5-3-4-6-14(12)19-15(13)10-16/h2-6,18H,1,7-11,16H2. The van der Waals surface area contributed by atoms with E-state index in [1.54, 1.807) is 0 Å². The molecule has 0 fully saturated rings. The van der Waals surface area contributed by atoms with Crippen LogP contribution in [0, 0.1) is 0 Å². The van der Waals surface area contributed by atoms with Crippen molar-refractivity contribution in [1.29, 1.82) is 0 Å². The van der Waals surface area contributed by atoms with Gasteiger partial charge in [-0.05, 0) is 6.07 Å². The van der Waals surface area contributed by atoms with Crippen molar-refractivity contribution in [2.45, 2.75) is 13.1 Å². The first kappa shape index (κ1) is 13.8. The first-order valence-electron chi connectivity index (χ1n) is 6.43. The van der Waals surface area contributed by atoms with E-state index in [1.807, 2.05) is 30.3 Å². The summed E-state index contributed by atoms with van der Waals surface area (Å²) in [6, 6.07) is 7.93. The highest BCUT2D eigenvalue weighted by Gasteiger charge is 2.15. The number of benzene rings is 1. The van der Waals surface area contributed by atoms with Crippen LogP contribution >= 0.6 is 0 Å². The summed E-state index contributed by atoms with van der Waals surface area (Å²) in [4.78, 5) is 2.11. The van der Waals surface area contributed by atoms with Gasteiger partial charge in [0.2, 0.25) is 0 Å². The van der Waals surface area contributed by atoms with Gasteiger partial charge in [-0.15, -0.1) is 6.58 Å². The fourth-order valence-electron chi connectivity index (χ4n) is 2.27. The molecule has 0 spiro atoms. The number of hydrogen-bond donors (Lipinski definition) is 2. The fraction of sp³-hybridized carbons (Fsp3) is 0.333. The molecule has 0 aliphatic carbocycles. The minimum atomic E-state index is 0.127. The zero-order chi connectivity index (χ0) is 13.7. The number of nitrogens with two attached hydrogens (primary N) is 1. The zero-order valence-corrected chi connectivity index (χ0v) is 11.0. The Hall–Kier alpha value is -1.62. The first-order valence-corrected chi connectivity index (χ1v) is 6.43. The molecule has 0 bridgehead atoms. The first-order chi connectivity index (χ1) is 9.30. The second kappa shape index (κ2) is 6.52. The predicted octanol–water partition coefficient (Wildman–Crippen LogP) is 1.87. The Balaban J connectivity index is 2.33. The van der Waals surface area contributed by atoms with Crippen molar-refractivity contribution < 1.29 is 9.52 Å². The average Bonchev–Trinajstić information content (AvgIpc) is 2.78. The molecule has 1 aromatic heterocycles. The van der Waals surface area contributed by atoms with Crippen molar-refractivity contribution in [3.05, 3.63) is 48.2 Å². The van der Waals surface area contributed by atoms with Gasteiger partial charge >= 0.3 is 0 Å².